The molecule has 2 N–H and O–H groups in total. The summed E-state index contributed by atoms with van der Waals surface area (Å²) in [5, 5.41) is 10.7. The van der Waals surface area contributed by atoms with Crippen LogP contribution in [0.4, 0.5) is 0 Å². The van der Waals surface area contributed by atoms with E-state index in [2.05, 4.69) is 39.6 Å². The predicted octanol–water partition coefficient (Wildman–Crippen LogP) is 1.96. The number of nitrogens with one attached hydrogen (secondary N) is 2. The molecule has 0 aromatic carbocycles. The van der Waals surface area contributed by atoms with Crippen molar-refractivity contribution in [2.24, 2.45) is 4.99 Å². The third kappa shape index (κ3) is 5.20. The van der Waals surface area contributed by atoms with E-state index in [1.54, 1.807) is 0 Å². The molecule has 3 rings (SSSR count). The zero-order valence-corrected chi connectivity index (χ0v) is 14.0. The van der Waals surface area contributed by atoms with Crippen molar-refractivity contribution >= 4 is 5.96 Å². The molecule has 128 valence electrons. The minimum absolute atomic E-state index is 0.271. The molecule has 7 heteroatoms. The fourth-order valence-corrected chi connectivity index (χ4v) is 2.59. The van der Waals surface area contributed by atoms with Crippen molar-refractivity contribution in [1.29, 1.82) is 0 Å². The molecule has 1 aliphatic heterocycles. The smallest absolute Gasteiger partial charge is 0.248 e. The topological polar surface area (TPSA) is 84.6 Å². The summed E-state index contributed by atoms with van der Waals surface area (Å²) >= 11 is 0. The number of hydrogen-bond donors (Lipinski definition) is 2. The van der Waals surface area contributed by atoms with Gasteiger partial charge in [-0.1, -0.05) is 5.16 Å². The zero-order chi connectivity index (χ0) is 16.1. The summed E-state index contributed by atoms with van der Waals surface area (Å²) in [4.78, 5) is 8.96. The maximum Gasteiger partial charge on any atom is 0.248 e. The first-order valence-electron chi connectivity index (χ1n) is 8.69. The van der Waals surface area contributed by atoms with E-state index in [0.29, 0.717) is 24.4 Å². The molecule has 7 nitrogen and oxygen atoms in total. The van der Waals surface area contributed by atoms with E-state index in [4.69, 9.17) is 9.26 Å². The van der Waals surface area contributed by atoms with Gasteiger partial charge in [-0.15, -0.1) is 0 Å². The summed E-state index contributed by atoms with van der Waals surface area (Å²) in [6.07, 6.45) is 6.13. The lowest BCUT2D eigenvalue weighted by Crippen LogP contribution is -2.45. The van der Waals surface area contributed by atoms with E-state index in [1.165, 1.54) is 25.7 Å². The predicted molar refractivity (Wildman–Crippen MR) is 87.3 cm³/mol. The summed E-state index contributed by atoms with van der Waals surface area (Å²) in [6, 6.07) is 0.304. The Morgan fingerprint density at radius 1 is 1.30 bits per heavy atom. The molecule has 1 aliphatic carbocycles. The van der Waals surface area contributed by atoms with E-state index < -0.39 is 0 Å². The first kappa shape index (κ1) is 16.2. The molecule has 23 heavy (non-hydrogen) atoms. The first-order chi connectivity index (χ1) is 11.2. The van der Waals surface area contributed by atoms with Crippen LogP contribution in [-0.4, -0.2) is 41.4 Å². The van der Waals surface area contributed by atoms with Crippen molar-refractivity contribution in [3.63, 3.8) is 0 Å². The highest BCUT2D eigenvalue weighted by atomic mass is 16.5. The van der Waals surface area contributed by atoms with E-state index in [0.717, 1.165) is 31.4 Å². The van der Waals surface area contributed by atoms with Crippen LogP contribution in [0.2, 0.25) is 0 Å². The third-order valence-electron chi connectivity index (χ3n) is 4.00. The van der Waals surface area contributed by atoms with E-state index in [9.17, 15) is 0 Å². The lowest BCUT2D eigenvalue weighted by Gasteiger charge is -2.24. The highest BCUT2D eigenvalue weighted by Crippen LogP contribution is 2.38. The Morgan fingerprint density at radius 2 is 2.17 bits per heavy atom. The fraction of sp³-hybridized carbons (Fsp3) is 0.812. The van der Waals surface area contributed by atoms with E-state index in [1.807, 2.05) is 0 Å². The third-order valence-corrected chi connectivity index (χ3v) is 4.00. The van der Waals surface area contributed by atoms with Crippen molar-refractivity contribution in [3.8, 4) is 0 Å². The SMILES string of the molecule is CC(C)NC(=NCc1nc(C2CC2)no1)NC[C@H]1CCCCO1. The Kier molecular flexibility index (Phi) is 5.48. The van der Waals surface area contributed by atoms with Crippen molar-refractivity contribution < 1.29 is 9.26 Å². The highest BCUT2D eigenvalue weighted by Gasteiger charge is 2.28. The minimum Gasteiger partial charge on any atom is -0.376 e. The van der Waals surface area contributed by atoms with Gasteiger partial charge in [-0.2, -0.15) is 4.98 Å². The summed E-state index contributed by atoms with van der Waals surface area (Å²) in [5.74, 6) is 2.68. The first-order valence-corrected chi connectivity index (χ1v) is 8.69. The number of guanidine groups is 1. The summed E-state index contributed by atoms with van der Waals surface area (Å²) in [6.45, 7) is 6.21. The highest BCUT2D eigenvalue weighted by molar-refractivity contribution is 5.80. The maximum absolute atomic E-state index is 5.75. The lowest BCUT2D eigenvalue weighted by molar-refractivity contribution is 0.0194. The summed E-state index contributed by atoms with van der Waals surface area (Å²) in [7, 11) is 0. The normalized spacial score (nSPS) is 22.4. The van der Waals surface area contributed by atoms with E-state index >= 15 is 0 Å². The maximum atomic E-state index is 5.75. The second kappa shape index (κ2) is 7.77. The van der Waals surface area contributed by atoms with Gasteiger partial charge in [0.05, 0.1) is 6.10 Å². The van der Waals surface area contributed by atoms with Gasteiger partial charge in [-0.05, 0) is 46.0 Å². The Balaban J connectivity index is 1.52. The Morgan fingerprint density at radius 3 is 2.87 bits per heavy atom. The van der Waals surface area contributed by atoms with Crippen molar-refractivity contribution in [3.05, 3.63) is 11.7 Å². The molecular formula is C16H27N5O2. The van der Waals surface area contributed by atoms with Crippen LogP contribution in [0.25, 0.3) is 0 Å². The average molecular weight is 321 g/mol. The van der Waals surface area contributed by atoms with Crippen LogP contribution in [0.3, 0.4) is 0 Å². The summed E-state index contributed by atoms with van der Waals surface area (Å²) in [5.41, 5.74) is 0. The molecule has 2 aliphatic rings. The van der Waals surface area contributed by atoms with Crippen LogP contribution in [0.1, 0.15) is 63.6 Å². The molecule has 0 unspecified atom stereocenters. The van der Waals surface area contributed by atoms with E-state index in [-0.39, 0.29) is 6.10 Å². The lowest BCUT2D eigenvalue weighted by atomic mass is 10.1. The standard InChI is InChI=1S/C16H27N5O2/c1-11(2)19-16(17-9-13-5-3-4-8-22-13)18-10-14-20-15(21-23-14)12-6-7-12/h11-13H,3-10H2,1-2H3,(H2,17,18,19)/t13-/m1/s1. The molecule has 2 fully saturated rings. The van der Waals surface area contributed by atoms with Crippen LogP contribution in [0, 0.1) is 0 Å². The van der Waals surface area contributed by atoms with Gasteiger partial charge < -0.3 is 19.9 Å². The number of aliphatic imine (C=N–C) groups is 1. The van der Waals surface area contributed by atoms with Crippen LogP contribution in [0.5, 0.6) is 0 Å². The largest absolute Gasteiger partial charge is 0.376 e. The fourth-order valence-electron chi connectivity index (χ4n) is 2.59. The summed E-state index contributed by atoms with van der Waals surface area (Å²) < 4.78 is 11.0. The molecule has 2 heterocycles. The number of nitrogens with zero attached hydrogens (tertiary/aromatic N) is 3. The van der Waals surface area contributed by atoms with Gasteiger partial charge in [0.1, 0.15) is 6.54 Å². The van der Waals surface area contributed by atoms with Gasteiger partial charge in [-0.3, -0.25) is 0 Å². The average Bonchev–Trinajstić information content (AvgIpc) is 3.29. The van der Waals surface area contributed by atoms with Crippen molar-refractivity contribution in [2.75, 3.05) is 13.2 Å². The number of ether oxygens (including phenoxy) is 1. The minimum atomic E-state index is 0.271. The number of hydrogen-bond acceptors (Lipinski definition) is 5. The van der Waals surface area contributed by atoms with Gasteiger partial charge in [0.15, 0.2) is 11.8 Å². The van der Waals surface area contributed by atoms with Crippen molar-refractivity contribution in [1.82, 2.24) is 20.8 Å². The number of aromatic nitrogens is 2. The van der Waals surface area contributed by atoms with Gasteiger partial charge in [0.25, 0.3) is 0 Å². The van der Waals surface area contributed by atoms with Gasteiger partial charge in [0, 0.05) is 25.1 Å². The molecule has 1 aromatic rings. The molecule has 1 aromatic heterocycles. The molecule has 1 atom stereocenters. The van der Waals surface area contributed by atoms with Crippen LogP contribution in [0.15, 0.2) is 9.52 Å². The zero-order valence-electron chi connectivity index (χ0n) is 14.0. The van der Waals surface area contributed by atoms with Gasteiger partial charge >= 0.3 is 0 Å². The molecule has 0 amide bonds. The monoisotopic (exact) mass is 321 g/mol. The molecule has 0 spiro atoms. The molecule has 1 saturated heterocycles. The van der Waals surface area contributed by atoms with Crippen molar-refractivity contribution in [2.45, 2.75) is 70.6 Å². The number of rotatable bonds is 6. The van der Waals surface area contributed by atoms with Gasteiger partial charge in [-0.25, -0.2) is 4.99 Å². The Bertz CT molecular complexity index is 518. The Labute approximate surface area is 137 Å². The second-order valence-corrected chi connectivity index (χ2v) is 6.65. The van der Waals surface area contributed by atoms with Gasteiger partial charge in [0.2, 0.25) is 5.89 Å². The van der Waals surface area contributed by atoms with Crippen LogP contribution in [-0.2, 0) is 11.3 Å². The quantitative estimate of drug-likeness (QED) is 0.615. The molecule has 0 radical (unpaired) electrons. The Hall–Kier alpha value is -1.63. The van der Waals surface area contributed by atoms with Crippen LogP contribution < -0.4 is 10.6 Å². The molecule has 1 saturated carbocycles. The second-order valence-electron chi connectivity index (χ2n) is 6.65. The van der Waals surface area contributed by atoms with Crippen LogP contribution >= 0.6 is 0 Å². The molecular weight excluding hydrogens is 294 g/mol. The molecule has 0 bridgehead atoms.